The Kier molecular flexibility index (Phi) is 8.38. The van der Waals surface area contributed by atoms with Crippen molar-refractivity contribution in [3.63, 3.8) is 0 Å². The van der Waals surface area contributed by atoms with Crippen LogP contribution in [0.1, 0.15) is 68.8 Å². The molecule has 0 spiro atoms. The van der Waals surface area contributed by atoms with Crippen LogP contribution in [0.5, 0.6) is 5.75 Å². The van der Waals surface area contributed by atoms with E-state index in [1.165, 1.54) is 26.2 Å². The molecule has 0 heterocycles. The van der Waals surface area contributed by atoms with Gasteiger partial charge in [-0.15, -0.1) is 0 Å². The Morgan fingerprint density at radius 1 is 1.22 bits per heavy atom. The summed E-state index contributed by atoms with van der Waals surface area (Å²) >= 11 is 0. The van der Waals surface area contributed by atoms with Crippen molar-refractivity contribution in [1.82, 2.24) is 5.32 Å². The number of Topliss-reactive ketones (excluding diaryl/α,β-unsaturated/α-hetero) is 1. The highest BCUT2D eigenvalue weighted by atomic mass is 16.5. The van der Waals surface area contributed by atoms with Crippen LogP contribution in [-0.4, -0.2) is 24.8 Å². The zero-order valence-corrected chi connectivity index (χ0v) is 14.8. The molecule has 23 heavy (non-hydrogen) atoms. The van der Waals surface area contributed by atoms with Gasteiger partial charge in [0.05, 0.1) is 13.5 Å². The van der Waals surface area contributed by atoms with Gasteiger partial charge in [-0.1, -0.05) is 32.6 Å². The number of ketones is 1. The molecule has 1 aromatic carbocycles. The summed E-state index contributed by atoms with van der Waals surface area (Å²) in [5.41, 5.74) is 1.34. The molecule has 0 aliphatic carbocycles. The normalized spacial score (nSPS) is 11.8. The minimum atomic E-state index is -0.0352. The van der Waals surface area contributed by atoms with Crippen LogP contribution in [0.15, 0.2) is 18.2 Å². The molecule has 0 bridgehead atoms. The number of rotatable bonds is 10. The van der Waals surface area contributed by atoms with Crippen molar-refractivity contribution in [3.05, 3.63) is 29.3 Å². The fourth-order valence-electron chi connectivity index (χ4n) is 2.58. The Morgan fingerprint density at radius 3 is 2.57 bits per heavy atom. The van der Waals surface area contributed by atoms with Crippen LogP contribution in [-0.2, 0) is 11.2 Å². The zero-order chi connectivity index (χ0) is 17.2. The Hall–Kier alpha value is -1.84. The minimum Gasteiger partial charge on any atom is -0.496 e. The van der Waals surface area contributed by atoms with Crippen LogP contribution >= 0.6 is 0 Å². The van der Waals surface area contributed by atoms with Gasteiger partial charge < -0.3 is 10.1 Å². The molecule has 0 aromatic heterocycles. The van der Waals surface area contributed by atoms with Crippen LogP contribution in [0.3, 0.4) is 0 Å². The van der Waals surface area contributed by atoms with Gasteiger partial charge in [-0.2, -0.15) is 0 Å². The maximum atomic E-state index is 12.2. The van der Waals surface area contributed by atoms with Crippen LogP contribution in [0.25, 0.3) is 0 Å². The Morgan fingerprint density at radius 2 is 1.96 bits per heavy atom. The van der Waals surface area contributed by atoms with Gasteiger partial charge >= 0.3 is 0 Å². The van der Waals surface area contributed by atoms with Gasteiger partial charge in [-0.05, 0) is 38.5 Å². The van der Waals surface area contributed by atoms with Crippen molar-refractivity contribution < 1.29 is 14.3 Å². The number of hydrogen-bond donors (Lipinski definition) is 1. The third kappa shape index (κ3) is 6.85. The molecule has 0 aliphatic heterocycles. The highest BCUT2D eigenvalue weighted by Crippen LogP contribution is 2.21. The first-order valence-corrected chi connectivity index (χ1v) is 8.45. The number of unbranched alkanes of at least 4 members (excludes halogenated alkanes) is 3. The molecule has 1 unspecified atom stereocenters. The molecule has 4 nitrogen and oxygen atoms in total. The Labute approximate surface area is 139 Å². The number of ether oxygens (including phenoxy) is 1. The second kappa shape index (κ2) is 10.0. The summed E-state index contributed by atoms with van der Waals surface area (Å²) in [4.78, 5) is 23.7. The number of methoxy groups -OCH3 is 1. The van der Waals surface area contributed by atoms with Crippen molar-refractivity contribution in [2.24, 2.45) is 0 Å². The van der Waals surface area contributed by atoms with E-state index in [1.54, 1.807) is 25.3 Å². The van der Waals surface area contributed by atoms with Gasteiger partial charge in [-0.3, -0.25) is 9.59 Å². The van der Waals surface area contributed by atoms with Gasteiger partial charge in [0.25, 0.3) is 0 Å². The van der Waals surface area contributed by atoms with Crippen LogP contribution in [0.4, 0.5) is 0 Å². The van der Waals surface area contributed by atoms with E-state index in [4.69, 9.17) is 4.74 Å². The van der Waals surface area contributed by atoms with Crippen molar-refractivity contribution in [3.8, 4) is 5.75 Å². The average molecular weight is 319 g/mol. The van der Waals surface area contributed by atoms with E-state index >= 15 is 0 Å². The number of carbonyl (C=O) groups excluding carboxylic acids is 2. The van der Waals surface area contributed by atoms with Gasteiger partial charge in [0.15, 0.2) is 5.78 Å². The van der Waals surface area contributed by atoms with E-state index in [2.05, 4.69) is 12.2 Å². The second-order valence-corrected chi connectivity index (χ2v) is 6.08. The highest BCUT2D eigenvalue weighted by molar-refractivity contribution is 5.94. The lowest BCUT2D eigenvalue weighted by molar-refractivity contribution is -0.121. The molecule has 0 aliphatic rings. The van der Waals surface area contributed by atoms with E-state index < -0.39 is 0 Å². The first-order chi connectivity index (χ1) is 11.0. The third-order valence-corrected chi connectivity index (χ3v) is 3.94. The van der Waals surface area contributed by atoms with Crippen molar-refractivity contribution >= 4 is 11.7 Å². The maximum absolute atomic E-state index is 12.2. The lowest BCUT2D eigenvalue weighted by Gasteiger charge is -2.15. The number of hydrogen-bond acceptors (Lipinski definition) is 3. The van der Waals surface area contributed by atoms with E-state index in [-0.39, 0.29) is 24.2 Å². The van der Waals surface area contributed by atoms with Crippen LogP contribution in [0.2, 0.25) is 0 Å². The molecule has 0 saturated heterocycles. The second-order valence-electron chi connectivity index (χ2n) is 6.08. The predicted octanol–water partition coefficient (Wildman–Crippen LogP) is 3.92. The van der Waals surface area contributed by atoms with Crippen LogP contribution < -0.4 is 10.1 Å². The smallest absolute Gasteiger partial charge is 0.224 e. The average Bonchev–Trinajstić information content (AvgIpc) is 2.51. The van der Waals surface area contributed by atoms with Gasteiger partial charge in [0.1, 0.15) is 5.75 Å². The zero-order valence-electron chi connectivity index (χ0n) is 14.8. The van der Waals surface area contributed by atoms with E-state index in [0.29, 0.717) is 11.3 Å². The molecular weight excluding hydrogens is 290 g/mol. The summed E-state index contributed by atoms with van der Waals surface area (Å²) in [6.07, 6.45) is 6.03. The largest absolute Gasteiger partial charge is 0.496 e. The number of benzene rings is 1. The minimum absolute atomic E-state index is 0.0152. The molecule has 128 valence electrons. The summed E-state index contributed by atoms with van der Waals surface area (Å²) in [6, 6.07) is 5.38. The molecule has 1 atom stereocenters. The number of nitrogens with one attached hydrogen (secondary N) is 1. The summed E-state index contributed by atoms with van der Waals surface area (Å²) < 4.78 is 5.29. The molecule has 0 fully saturated rings. The first kappa shape index (κ1) is 19.2. The van der Waals surface area contributed by atoms with Gasteiger partial charge in [0, 0.05) is 17.2 Å². The third-order valence-electron chi connectivity index (χ3n) is 3.94. The molecule has 1 aromatic rings. The summed E-state index contributed by atoms with van der Waals surface area (Å²) in [5.74, 6) is 0.589. The van der Waals surface area contributed by atoms with E-state index in [1.807, 2.05) is 6.92 Å². The molecule has 1 rings (SSSR count). The summed E-state index contributed by atoms with van der Waals surface area (Å²) in [7, 11) is 1.57. The molecule has 1 amide bonds. The fourth-order valence-corrected chi connectivity index (χ4v) is 2.58. The maximum Gasteiger partial charge on any atom is 0.224 e. The molecule has 0 saturated carbocycles. The lowest BCUT2D eigenvalue weighted by Crippen LogP contribution is -2.33. The predicted molar refractivity (Wildman–Crippen MR) is 93.1 cm³/mol. The monoisotopic (exact) mass is 319 g/mol. The summed E-state index contributed by atoms with van der Waals surface area (Å²) in [6.45, 7) is 5.74. The molecule has 4 heteroatoms. The quantitative estimate of drug-likeness (QED) is 0.525. The first-order valence-electron chi connectivity index (χ1n) is 8.45. The van der Waals surface area contributed by atoms with Gasteiger partial charge in [0.2, 0.25) is 5.91 Å². The topological polar surface area (TPSA) is 55.4 Å². The van der Waals surface area contributed by atoms with Crippen molar-refractivity contribution in [2.75, 3.05) is 7.11 Å². The molecule has 1 N–H and O–H groups in total. The fraction of sp³-hybridized carbons (Fsp3) is 0.579. The Balaban J connectivity index is 2.59. The highest BCUT2D eigenvalue weighted by Gasteiger charge is 2.13. The van der Waals surface area contributed by atoms with Crippen molar-refractivity contribution in [2.45, 2.75) is 65.3 Å². The molecular formula is C19H29NO3. The Bertz CT molecular complexity index is 525. The standard InChI is InChI=1S/C19H29NO3/c1-5-6-7-8-9-14(2)20-19(22)13-17-12-16(15(3)21)10-11-18(17)23-4/h10-12,14H,5-9,13H2,1-4H3,(H,20,22). The SMILES string of the molecule is CCCCCCC(C)NC(=O)Cc1cc(C(C)=O)ccc1OC. The van der Waals surface area contributed by atoms with Gasteiger partial charge in [-0.25, -0.2) is 0 Å². The van der Waals surface area contributed by atoms with E-state index in [9.17, 15) is 9.59 Å². The number of amides is 1. The van der Waals surface area contributed by atoms with E-state index in [0.717, 1.165) is 18.4 Å². The lowest BCUT2D eigenvalue weighted by atomic mass is 10.0. The molecule has 0 radical (unpaired) electrons. The van der Waals surface area contributed by atoms with Crippen LogP contribution in [0, 0.1) is 0 Å². The van der Waals surface area contributed by atoms with Crippen molar-refractivity contribution in [1.29, 1.82) is 0 Å². The number of carbonyl (C=O) groups is 2. The summed E-state index contributed by atoms with van der Waals surface area (Å²) in [5, 5.41) is 3.03.